The van der Waals surface area contributed by atoms with E-state index in [1.807, 2.05) is 0 Å². The molecule has 6 N–H and O–H groups in total. The summed E-state index contributed by atoms with van der Waals surface area (Å²) in [5, 5.41) is 33.0. The second-order valence-corrected chi connectivity index (χ2v) is 8.49. The van der Waals surface area contributed by atoms with Crippen molar-refractivity contribution in [2.45, 2.75) is 42.8 Å². The van der Waals surface area contributed by atoms with Crippen LogP contribution in [0, 0.1) is 0 Å². The van der Waals surface area contributed by atoms with Gasteiger partial charge in [-0.1, -0.05) is 18.3 Å². The molecule has 1 aliphatic carbocycles. The van der Waals surface area contributed by atoms with Crippen molar-refractivity contribution in [3.8, 4) is 11.5 Å². The van der Waals surface area contributed by atoms with Crippen molar-refractivity contribution in [3.05, 3.63) is 23.3 Å². The van der Waals surface area contributed by atoms with E-state index in [1.54, 1.807) is 12.1 Å². The number of carbonyl (C=O) groups is 2. The molecule has 1 aromatic rings. The Morgan fingerprint density at radius 1 is 1.28 bits per heavy atom. The molecule has 1 unspecified atom stereocenters. The van der Waals surface area contributed by atoms with E-state index in [-0.39, 0.29) is 52.9 Å². The number of ether oxygens (including phenoxy) is 1. The van der Waals surface area contributed by atoms with Crippen molar-refractivity contribution in [1.29, 1.82) is 0 Å². The molecular weight excluding hydrogens is 381 g/mol. The third kappa shape index (κ3) is 3.05. The van der Waals surface area contributed by atoms with Gasteiger partial charge in [0.05, 0.1) is 11.8 Å². The van der Waals surface area contributed by atoms with Crippen molar-refractivity contribution >= 4 is 18.6 Å². The number of carbonyl (C=O) groups excluding carboxylic acids is 1. The number of nitrogens with two attached hydrogens (primary N) is 1. The Morgan fingerprint density at radius 3 is 2.69 bits per heavy atom. The molecule has 0 aromatic heterocycles. The fourth-order valence-corrected chi connectivity index (χ4v) is 4.85. The summed E-state index contributed by atoms with van der Waals surface area (Å²) in [6.07, 6.45) is 1.02. The number of carboxylic acids is 1. The first kappa shape index (κ1) is 18.7. The molecule has 29 heavy (non-hydrogen) atoms. The average molecular weight is 404 g/mol. The molecule has 1 amide bonds. The molecule has 4 atom stereocenters. The van der Waals surface area contributed by atoms with Gasteiger partial charge in [0.15, 0.2) is 0 Å². The maximum atomic E-state index is 11.9. The van der Waals surface area contributed by atoms with Gasteiger partial charge in [-0.3, -0.25) is 9.69 Å². The zero-order valence-corrected chi connectivity index (χ0v) is 15.7. The van der Waals surface area contributed by atoms with Crippen molar-refractivity contribution in [1.82, 2.24) is 10.2 Å². The monoisotopic (exact) mass is 404 g/mol. The quantitative estimate of drug-likeness (QED) is 0.382. The van der Waals surface area contributed by atoms with Gasteiger partial charge in [-0.25, -0.2) is 4.79 Å². The zero-order valence-electron chi connectivity index (χ0n) is 15.7. The Hall–Kier alpha value is -2.34. The van der Waals surface area contributed by atoms with Crippen LogP contribution in [0.5, 0.6) is 11.5 Å². The summed E-state index contributed by atoms with van der Waals surface area (Å²) in [5.41, 5.74) is 5.85. The lowest BCUT2D eigenvalue weighted by molar-refractivity contribution is -0.119. The summed E-state index contributed by atoms with van der Waals surface area (Å²) in [6.45, 7) is -1.18. The lowest BCUT2D eigenvalue weighted by atomic mass is 9.68. The number of primary amides is 1. The highest BCUT2D eigenvalue weighted by Crippen LogP contribution is 2.63. The molecule has 0 bridgehead atoms. The summed E-state index contributed by atoms with van der Waals surface area (Å²) in [6, 6.07) is 3.25. The average Bonchev–Trinajstić information content (AvgIpc) is 3.28. The maximum Gasteiger partial charge on any atom is 0.434 e. The fourth-order valence-electron chi connectivity index (χ4n) is 4.85. The van der Waals surface area contributed by atoms with Crippen LogP contribution in [0.25, 0.3) is 0 Å². The van der Waals surface area contributed by atoms with Crippen LogP contribution in [-0.4, -0.2) is 76.5 Å². The van der Waals surface area contributed by atoms with Crippen LogP contribution in [0.1, 0.15) is 34.7 Å². The van der Waals surface area contributed by atoms with Crippen LogP contribution < -0.4 is 20.4 Å². The molecule has 1 aromatic carbocycles. The van der Waals surface area contributed by atoms with Crippen LogP contribution in [0.15, 0.2) is 12.1 Å². The Bertz CT molecular complexity index is 888. The molecule has 10 nitrogen and oxygen atoms in total. The van der Waals surface area contributed by atoms with E-state index in [0.29, 0.717) is 38.0 Å². The molecule has 4 aliphatic rings. The van der Waals surface area contributed by atoms with Crippen LogP contribution in [0.4, 0.5) is 0 Å². The Balaban J connectivity index is 1.30. The number of aromatic carboxylic acids is 1. The highest BCUT2D eigenvalue weighted by molar-refractivity contribution is 6.62. The number of amides is 1. The van der Waals surface area contributed by atoms with Gasteiger partial charge in [-0.05, 0) is 24.0 Å². The molecular formula is C18H23BN3O7-. The zero-order chi connectivity index (χ0) is 20.5. The molecule has 3 fully saturated rings. The van der Waals surface area contributed by atoms with Crippen molar-refractivity contribution in [2.24, 2.45) is 5.73 Å². The van der Waals surface area contributed by atoms with Gasteiger partial charge in [0, 0.05) is 25.7 Å². The fraction of sp³-hybridized carbons (Fsp3) is 0.556. The summed E-state index contributed by atoms with van der Waals surface area (Å²) in [7, 11) is 0. The number of rotatable bonds is 5. The van der Waals surface area contributed by atoms with E-state index in [2.05, 4.69) is 10.2 Å². The van der Waals surface area contributed by atoms with E-state index in [1.165, 1.54) is 0 Å². The number of nitrogens with one attached hydrogen (secondary N) is 1. The van der Waals surface area contributed by atoms with Crippen LogP contribution in [0.2, 0.25) is 5.82 Å². The topological polar surface area (TPSA) is 155 Å². The highest BCUT2D eigenvalue weighted by Gasteiger charge is 2.55. The van der Waals surface area contributed by atoms with Crippen LogP contribution >= 0.6 is 0 Å². The van der Waals surface area contributed by atoms with Gasteiger partial charge in [0.25, 0.3) is 0 Å². The molecule has 11 heteroatoms. The predicted octanol–water partition coefficient (Wildman–Crippen LogP) is -1.16. The Morgan fingerprint density at radius 2 is 2.03 bits per heavy atom. The van der Waals surface area contributed by atoms with Crippen LogP contribution in [-0.2, 0) is 4.79 Å². The minimum atomic E-state index is -3.06. The maximum absolute atomic E-state index is 11.9. The first-order chi connectivity index (χ1) is 13.7. The number of hydrogen-bond donors (Lipinski definition) is 5. The lowest BCUT2D eigenvalue weighted by Crippen LogP contribution is -2.58. The van der Waals surface area contributed by atoms with Crippen molar-refractivity contribution in [2.75, 3.05) is 19.6 Å². The molecule has 3 heterocycles. The highest BCUT2D eigenvalue weighted by atomic mass is 16.6. The molecule has 5 rings (SSSR count). The summed E-state index contributed by atoms with van der Waals surface area (Å²) < 4.78 is 11.2. The summed E-state index contributed by atoms with van der Waals surface area (Å²) in [5.74, 6) is -1.90. The molecule has 0 radical (unpaired) electrons. The van der Waals surface area contributed by atoms with E-state index < -0.39 is 12.7 Å². The number of carboxylic acid groups (broad SMARTS) is 1. The minimum absolute atomic E-state index is 0.000720. The molecule has 1 saturated carbocycles. The van der Waals surface area contributed by atoms with E-state index >= 15 is 0 Å². The number of fused-ring (bicyclic) bond motifs is 3. The Labute approximate surface area is 166 Å². The van der Waals surface area contributed by atoms with Gasteiger partial charge in [0.1, 0.15) is 17.4 Å². The van der Waals surface area contributed by atoms with E-state index in [9.17, 15) is 24.7 Å². The first-order valence-electron chi connectivity index (χ1n) is 9.86. The standard InChI is InChI=1S/C18H23BN3O7/c20-17(23)13-3-8(5-21-13)22-6-9(7-22)28-14-2-1-10-11-4-12(11)19(26,27)29-16(10)15(14)18(24)25/h1-2,8-9,11-13,21,26-27H,3-7H2,(H2,20,23)(H,24,25)/q-1/t8-,11?,12+,13-/m0/s1. The first-order valence-corrected chi connectivity index (χ1v) is 9.86. The number of hydrogen-bond acceptors (Lipinski definition) is 8. The van der Waals surface area contributed by atoms with Gasteiger partial charge >= 0.3 is 12.7 Å². The van der Waals surface area contributed by atoms with Gasteiger partial charge in [-0.15, -0.1) is 0 Å². The van der Waals surface area contributed by atoms with Gasteiger partial charge in [-0.2, -0.15) is 0 Å². The van der Waals surface area contributed by atoms with Crippen molar-refractivity contribution < 1.29 is 34.1 Å². The third-order valence-electron chi connectivity index (χ3n) is 6.59. The Kier molecular flexibility index (Phi) is 4.08. The molecule has 3 aliphatic heterocycles. The SMILES string of the molecule is NC(=O)[C@@H]1C[C@H](N2CC(Oc3ccc4c(c3C(=O)O)O[B-](O)(O)[C@@H]3CC43)C2)CN1. The second kappa shape index (κ2) is 6.33. The minimum Gasteiger partial charge on any atom is -0.669 e. The second-order valence-electron chi connectivity index (χ2n) is 8.49. The molecule has 156 valence electrons. The predicted molar refractivity (Wildman–Crippen MR) is 101 cm³/mol. The van der Waals surface area contributed by atoms with E-state index in [0.717, 1.165) is 0 Å². The summed E-state index contributed by atoms with van der Waals surface area (Å²) in [4.78, 5) is 25.4. The smallest absolute Gasteiger partial charge is 0.434 e. The third-order valence-corrected chi connectivity index (χ3v) is 6.59. The van der Waals surface area contributed by atoms with Gasteiger partial charge < -0.3 is 35.6 Å². The van der Waals surface area contributed by atoms with Gasteiger partial charge in [0.2, 0.25) is 5.91 Å². The number of benzene rings is 1. The largest absolute Gasteiger partial charge is 0.669 e. The lowest BCUT2D eigenvalue weighted by Gasteiger charge is -2.43. The van der Waals surface area contributed by atoms with Crippen LogP contribution in [0.3, 0.4) is 0 Å². The van der Waals surface area contributed by atoms with E-state index in [4.69, 9.17) is 15.1 Å². The summed E-state index contributed by atoms with van der Waals surface area (Å²) >= 11 is 0. The normalized spacial score (nSPS) is 32.5. The molecule has 0 spiro atoms. The number of likely N-dealkylation sites (tertiary alicyclic amines) is 1. The molecule has 2 saturated heterocycles. The number of nitrogens with zero attached hydrogens (tertiary/aromatic N) is 1. The van der Waals surface area contributed by atoms with Crippen molar-refractivity contribution in [3.63, 3.8) is 0 Å².